The largest absolute Gasteiger partial charge is 0.493 e. The molecule has 1 unspecified atom stereocenters. The van der Waals surface area contributed by atoms with E-state index in [0.29, 0.717) is 6.61 Å². The Hall–Kier alpha value is -1.02. The van der Waals surface area contributed by atoms with Crippen molar-refractivity contribution >= 4 is 0 Å². The van der Waals surface area contributed by atoms with Crippen LogP contribution in [-0.2, 0) is 0 Å². The van der Waals surface area contributed by atoms with Crippen molar-refractivity contribution in [3.8, 4) is 5.75 Å². The Labute approximate surface area is 110 Å². The van der Waals surface area contributed by atoms with E-state index in [9.17, 15) is 5.11 Å². The van der Waals surface area contributed by atoms with Crippen molar-refractivity contribution in [2.75, 3.05) is 6.61 Å². The molecular formula is C16H24O2. The van der Waals surface area contributed by atoms with E-state index >= 15 is 0 Å². The quantitative estimate of drug-likeness (QED) is 0.850. The van der Waals surface area contributed by atoms with Crippen molar-refractivity contribution in [1.82, 2.24) is 0 Å². The Bertz CT molecular complexity index is 380. The first kappa shape index (κ1) is 13.4. The number of rotatable bonds is 5. The SMILES string of the molecule is CCCOc1ccccc1C(O)C1(C)CCCC1. The Morgan fingerprint density at radius 2 is 1.94 bits per heavy atom. The second-order valence-corrected chi connectivity index (χ2v) is 5.65. The monoisotopic (exact) mass is 248 g/mol. The highest BCUT2D eigenvalue weighted by Gasteiger charge is 2.37. The van der Waals surface area contributed by atoms with Gasteiger partial charge in [0, 0.05) is 5.56 Å². The molecule has 2 heteroatoms. The van der Waals surface area contributed by atoms with Gasteiger partial charge in [-0.05, 0) is 30.7 Å². The third kappa shape index (κ3) is 2.69. The van der Waals surface area contributed by atoms with Gasteiger partial charge in [0.2, 0.25) is 0 Å². The molecule has 1 saturated carbocycles. The maximum Gasteiger partial charge on any atom is 0.125 e. The van der Waals surface area contributed by atoms with E-state index in [2.05, 4.69) is 13.8 Å². The van der Waals surface area contributed by atoms with Crippen LogP contribution < -0.4 is 4.74 Å². The van der Waals surface area contributed by atoms with Crippen molar-refractivity contribution in [2.24, 2.45) is 5.41 Å². The number of para-hydroxylation sites is 1. The second-order valence-electron chi connectivity index (χ2n) is 5.65. The summed E-state index contributed by atoms with van der Waals surface area (Å²) in [7, 11) is 0. The first-order valence-electron chi connectivity index (χ1n) is 7.07. The molecule has 0 radical (unpaired) electrons. The van der Waals surface area contributed by atoms with Crippen LogP contribution in [0.25, 0.3) is 0 Å². The lowest BCUT2D eigenvalue weighted by Gasteiger charge is -2.31. The van der Waals surface area contributed by atoms with Crippen molar-refractivity contribution in [2.45, 2.75) is 52.1 Å². The van der Waals surface area contributed by atoms with Gasteiger partial charge in [-0.25, -0.2) is 0 Å². The predicted octanol–water partition coefficient (Wildman–Crippen LogP) is 4.09. The van der Waals surface area contributed by atoms with E-state index in [1.165, 1.54) is 12.8 Å². The zero-order valence-corrected chi connectivity index (χ0v) is 11.5. The standard InChI is InChI=1S/C16H24O2/c1-3-12-18-14-9-5-4-8-13(14)15(17)16(2)10-6-7-11-16/h4-5,8-9,15,17H,3,6-7,10-12H2,1-2H3. The van der Waals surface area contributed by atoms with Crippen LogP contribution in [0, 0.1) is 5.41 Å². The Balaban J connectivity index is 2.21. The van der Waals surface area contributed by atoms with Gasteiger partial charge in [0.15, 0.2) is 0 Å². The summed E-state index contributed by atoms with van der Waals surface area (Å²) in [5, 5.41) is 10.7. The molecular weight excluding hydrogens is 224 g/mol. The maximum atomic E-state index is 10.7. The Morgan fingerprint density at radius 1 is 1.28 bits per heavy atom. The minimum absolute atomic E-state index is 0.0195. The summed E-state index contributed by atoms with van der Waals surface area (Å²) in [5.74, 6) is 0.847. The molecule has 2 rings (SSSR count). The van der Waals surface area contributed by atoms with Crippen LogP contribution in [0.1, 0.15) is 57.6 Å². The third-order valence-electron chi connectivity index (χ3n) is 4.08. The molecule has 1 N–H and O–H groups in total. The highest BCUT2D eigenvalue weighted by Crippen LogP contribution is 2.48. The van der Waals surface area contributed by atoms with Crippen LogP contribution in [0.5, 0.6) is 5.75 Å². The zero-order chi connectivity index (χ0) is 13.0. The number of ether oxygens (including phenoxy) is 1. The second kappa shape index (κ2) is 5.75. The highest BCUT2D eigenvalue weighted by molar-refractivity contribution is 5.36. The van der Waals surface area contributed by atoms with E-state index in [-0.39, 0.29) is 5.41 Å². The molecule has 1 aromatic rings. The average Bonchev–Trinajstić information content (AvgIpc) is 2.84. The molecule has 0 bridgehead atoms. The number of hydrogen-bond acceptors (Lipinski definition) is 2. The first-order chi connectivity index (χ1) is 8.67. The molecule has 18 heavy (non-hydrogen) atoms. The van der Waals surface area contributed by atoms with E-state index in [0.717, 1.165) is 30.6 Å². The Kier molecular flexibility index (Phi) is 4.28. The topological polar surface area (TPSA) is 29.5 Å². The lowest BCUT2D eigenvalue weighted by atomic mass is 9.79. The maximum absolute atomic E-state index is 10.7. The summed E-state index contributed by atoms with van der Waals surface area (Å²) in [5.41, 5.74) is 0.974. The molecule has 2 nitrogen and oxygen atoms in total. The summed E-state index contributed by atoms with van der Waals surface area (Å²) in [6.45, 7) is 5.00. The Morgan fingerprint density at radius 3 is 2.61 bits per heavy atom. The van der Waals surface area contributed by atoms with Gasteiger partial charge in [0.1, 0.15) is 5.75 Å². The van der Waals surface area contributed by atoms with Crippen molar-refractivity contribution in [3.05, 3.63) is 29.8 Å². The fourth-order valence-corrected chi connectivity index (χ4v) is 2.88. The van der Waals surface area contributed by atoms with E-state index < -0.39 is 6.10 Å². The first-order valence-corrected chi connectivity index (χ1v) is 7.07. The van der Waals surface area contributed by atoms with Gasteiger partial charge in [-0.2, -0.15) is 0 Å². The molecule has 0 heterocycles. The van der Waals surface area contributed by atoms with Crippen LogP contribution in [0.15, 0.2) is 24.3 Å². The van der Waals surface area contributed by atoms with Crippen molar-refractivity contribution in [3.63, 3.8) is 0 Å². The highest BCUT2D eigenvalue weighted by atomic mass is 16.5. The number of aliphatic hydroxyl groups excluding tert-OH is 1. The molecule has 1 aliphatic carbocycles. The average molecular weight is 248 g/mol. The molecule has 1 atom stereocenters. The van der Waals surface area contributed by atoms with Crippen LogP contribution in [0.3, 0.4) is 0 Å². The molecule has 100 valence electrons. The van der Waals surface area contributed by atoms with E-state index in [1.807, 2.05) is 24.3 Å². The van der Waals surface area contributed by atoms with Gasteiger partial charge in [-0.15, -0.1) is 0 Å². The normalized spacial score (nSPS) is 19.7. The van der Waals surface area contributed by atoms with Crippen LogP contribution in [-0.4, -0.2) is 11.7 Å². The summed E-state index contributed by atoms with van der Waals surface area (Å²) >= 11 is 0. The third-order valence-corrected chi connectivity index (χ3v) is 4.08. The molecule has 0 aromatic heterocycles. The summed E-state index contributed by atoms with van der Waals surface area (Å²) in [4.78, 5) is 0. The van der Waals surface area contributed by atoms with E-state index in [1.54, 1.807) is 0 Å². The number of hydrogen-bond donors (Lipinski definition) is 1. The summed E-state index contributed by atoms with van der Waals surface area (Å²) in [6.07, 6.45) is 5.25. The van der Waals surface area contributed by atoms with Gasteiger partial charge in [-0.1, -0.05) is 44.9 Å². The molecule has 0 spiro atoms. The summed E-state index contributed by atoms with van der Waals surface area (Å²) < 4.78 is 5.75. The zero-order valence-electron chi connectivity index (χ0n) is 11.5. The van der Waals surface area contributed by atoms with Gasteiger partial charge >= 0.3 is 0 Å². The number of benzene rings is 1. The van der Waals surface area contributed by atoms with E-state index in [4.69, 9.17) is 4.74 Å². The summed E-state index contributed by atoms with van der Waals surface area (Å²) in [6, 6.07) is 7.92. The minimum Gasteiger partial charge on any atom is -0.493 e. The smallest absolute Gasteiger partial charge is 0.125 e. The van der Waals surface area contributed by atoms with Gasteiger partial charge in [-0.3, -0.25) is 0 Å². The molecule has 1 aromatic carbocycles. The van der Waals surface area contributed by atoms with Crippen LogP contribution in [0.2, 0.25) is 0 Å². The van der Waals surface area contributed by atoms with Crippen molar-refractivity contribution < 1.29 is 9.84 Å². The van der Waals surface area contributed by atoms with Gasteiger partial charge in [0.25, 0.3) is 0 Å². The lowest BCUT2D eigenvalue weighted by molar-refractivity contribution is 0.0383. The fourth-order valence-electron chi connectivity index (χ4n) is 2.88. The van der Waals surface area contributed by atoms with Crippen LogP contribution in [0.4, 0.5) is 0 Å². The molecule has 0 amide bonds. The fraction of sp³-hybridized carbons (Fsp3) is 0.625. The molecule has 1 fully saturated rings. The molecule has 1 aliphatic rings. The van der Waals surface area contributed by atoms with Gasteiger partial charge < -0.3 is 9.84 Å². The predicted molar refractivity (Wildman–Crippen MR) is 73.8 cm³/mol. The van der Waals surface area contributed by atoms with Gasteiger partial charge in [0.05, 0.1) is 12.7 Å². The van der Waals surface area contributed by atoms with Crippen molar-refractivity contribution in [1.29, 1.82) is 0 Å². The lowest BCUT2D eigenvalue weighted by Crippen LogP contribution is -2.22. The molecule has 0 saturated heterocycles. The molecule has 0 aliphatic heterocycles. The number of aliphatic hydroxyl groups is 1. The van der Waals surface area contributed by atoms with Crippen LogP contribution >= 0.6 is 0 Å². The minimum atomic E-state index is -0.409.